The van der Waals surface area contributed by atoms with Crippen LogP contribution in [0.4, 0.5) is 0 Å². The molecule has 2 aliphatic rings. The second-order valence-electron chi connectivity index (χ2n) is 27.8. The van der Waals surface area contributed by atoms with Gasteiger partial charge in [0.05, 0.1) is 5.69 Å². The molecule has 2 aliphatic carbocycles. The number of carbonyl (C=O) groups excluding carboxylic acids is 2. The van der Waals surface area contributed by atoms with E-state index in [4.69, 9.17) is 4.98 Å². The van der Waals surface area contributed by atoms with Crippen molar-refractivity contribution in [3.63, 3.8) is 0 Å². The molecule has 0 radical (unpaired) electrons. The minimum atomic E-state index is -0.444. The largest absolute Gasteiger partial charge is 0.507 e. The maximum atomic E-state index is 14.4. The number of pyridine rings is 1. The molecule has 5 rings (SSSR count). The van der Waals surface area contributed by atoms with Gasteiger partial charge in [-0.05, 0) is 126 Å². The van der Waals surface area contributed by atoms with Crippen LogP contribution in [0.25, 0.3) is 11.1 Å². The van der Waals surface area contributed by atoms with Crippen molar-refractivity contribution in [1.82, 2.24) is 4.98 Å². The molecule has 68 heavy (non-hydrogen) atoms. The first kappa shape index (κ1) is 53.9. The van der Waals surface area contributed by atoms with Crippen LogP contribution in [0, 0.1) is 21.7 Å². The zero-order valence-corrected chi connectivity index (χ0v) is 46.5. The van der Waals surface area contributed by atoms with Gasteiger partial charge in [0.1, 0.15) is 11.5 Å². The summed E-state index contributed by atoms with van der Waals surface area (Å²) in [5.74, 6) is 0.707. The number of allylic oxidation sites excluding steroid dienone is 10. The molecule has 2 aromatic carbocycles. The number of ketones is 2. The number of aromatic nitrogens is 1. The Morgan fingerprint density at radius 3 is 0.868 bits per heavy atom. The van der Waals surface area contributed by atoms with Crippen molar-refractivity contribution in [3.8, 4) is 11.5 Å². The van der Waals surface area contributed by atoms with E-state index >= 15 is 0 Å². The van der Waals surface area contributed by atoms with Gasteiger partial charge in [-0.15, -0.1) is 0 Å². The zero-order chi connectivity index (χ0) is 52.0. The van der Waals surface area contributed by atoms with E-state index in [-0.39, 0.29) is 22.4 Å². The highest BCUT2D eigenvalue weighted by molar-refractivity contribution is 6.13. The highest BCUT2D eigenvalue weighted by atomic mass is 16.3. The number of carbonyl (C=O) groups is 2. The third-order valence-corrected chi connectivity index (χ3v) is 13.3. The summed E-state index contributed by atoms with van der Waals surface area (Å²) >= 11 is 0. The summed E-state index contributed by atoms with van der Waals surface area (Å²) in [4.78, 5) is 34.2. The van der Waals surface area contributed by atoms with Crippen molar-refractivity contribution in [2.75, 3.05) is 0 Å². The first-order chi connectivity index (χ1) is 30.5. The van der Waals surface area contributed by atoms with Gasteiger partial charge < -0.3 is 10.2 Å². The summed E-state index contributed by atoms with van der Waals surface area (Å²) in [6.45, 7) is 50.6. The monoisotopic (exact) mass is 920 g/mol. The van der Waals surface area contributed by atoms with Crippen LogP contribution in [0.5, 0.6) is 11.5 Å². The lowest BCUT2D eigenvalue weighted by Gasteiger charge is -2.33. The van der Waals surface area contributed by atoms with Gasteiger partial charge in [0.15, 0.2) is 11.6 Å². The Morgan fingerprint density at radius 1 is 0.368 bits per heavy atom. The number of Topliss-reactive ketones (excluding diaryl/α,β-unsaturated/α-hetero) is 2. The van der Waals surface area contributed by atoms with E-state index in [2.05, 4.69) is 227 Å². The lowest BCUT2D eigenvalue weighted by atomic mass is 9.70. The fourth-order valence-corrected chi connectivity index (χ4v) is 9.27. The maximum absolute atomic E-state index is 14.4. The molecule has 3 aromatic rings. The second kappa shape index (κ2) is 17.4. The average Bonchev–Trinajstić information content (AvgIpc) is 3.14. The molecule has 366 valence electrons. The topological polar surface area (TPSA) is 87.5 Å². The van der Waals surface area contributed by atoms with Crippen LogP contribution in [-0.2, 0) is 31.2 Å². The van der Waals surface area contributed by atoms with Crippen LogP contribution in [0.1, 0.15) is 211 Å². The Morgan fingerprint density at radius 2 is 0.632 bits per heavy atom. The quantitative estimate of drug-likeness (QED) is 0.272. The highest BCUT2D eigenvalue weighted by Crippen LogP contribution is 2.48. The van der Waals surface area contributed by atoms with E-state index in [0.29, 0.717) is 17.2 Å². The van der Waals surface area contributed by atoms with Gasteiger partial charge in [-0.3, -0.25) is 14.6 Å². The van der Waals surface area contributed by atoms with Crippen LogP contribution in [0.2, 0.25) is 0 Å². The number of nitrogens with zero attached hydrogens (tertiary/aromatic N) is 1. The first-order valence-corrected chi connectivity index (χ1v) is 24.7. The standard InChI is InChI=1S/C63H85NO4/c1-56(2,3)41-27-37(28-42(52(41)65)57(4,5)6)50(38-29-43(58(7,8)9)53(66)44(30-38)59(10,11)12)36-25-26-49(64-35-36)51(39-31-45(60(13,14)15)54(67)46(32-39)61(16,17)18)40-33-47(62(19,20)21)55(68)48(34-40)63(22,23)24/h25-35,65,67H,1-24H3. The highest BCUT2D eigenvalue weighted by Gasteiger charge is 2.38. The van der Waals surface area contributed by atoms with E-state index in [1.165, 1.54) is 0 Å². The van der Waals surface area contributed by atoms with Crippen molar-refractivity contribution in [1.29, 1.82) is 0 Å². The summed E-state index contributed by atoms with van der Waals surface area (Å²) in [6, 6.07) is 12.7. The number of benzene rings is 2. The summed E-state index contributed by atoms with van der Waals surface area (Å²) < 4.78 is 0. The molecule has 0 fully saturated rings. The molecule has 5 heteroatoms. The van der Waals surface area contributed by atoms with Crippen molar-refractivity contribution in [3.05, 3.63) is 145 Å². The lowest BCUT2D eigenvalue weighted by molar-refractivity contribution is -0.114. The minimum absolute atomic E-state index is 0.0543. The number of hydrogen-bond donors (Lipinski definition) is 2. The number of hydrogen-bond acceptors (Lipinski definition) is 5. The Kier molecular flexibility index (Phi) is 13.8. The van der Waals surface area contributed by atoms with Gasteiger partial charge in [0.25, 0.3) is 0 Å². The molecular formula is C63H85NO4. The molecule has 1 heterocycles. The number of phenols is 2. The minimum Gasteiger partial charge on any atom is -0.507 e. The van der Waals surface area contributed by atoms with Gasteiger partial charge in [0.2, 0.25) is 0 Å². The average molecular weight is 920 g/mol. The van der Waals surface area contributed by atoms with Gasteiger partial charge in [-0.2, -0.15) is 0 Å². The van der Waals surface area contributed by atoms with E-state index < -0.39 is 32.5 Å². The summed E-state index contributed by atoms with van der Waals surface area (Å²) in [7, 11) is 0. The Labute approximate surface area is 411 Å². The SMILES string of the molecule is CC(C)(C)C1=CC(=C(c2ccc(C(=C3C=C(C(C)(C)C)C(=O)C(C(C)(C)C)=C3)c3cc(C(C)(C)C)c(O)c(C(C)(C)C)c3)nc2)c2cc(C(C)(C)C)c(O)c(C(C)(C)C)c2)C=C(C(C)(C)C)C1=O. The predicted octanol–water partition coefficient (Wildman–Crippen LogP) is 16.3. The predicted molar refractivity (Wildman–Crippen MR) is 287 cm³/mol. The fourth-order valence-electron chi connectivity index (χ4n) is 9.27. The van der Waals surface area contributed by atoms with Crippen LogP contribution < -0.4 is 0 Å². The zero-order valence-electron chi connectivity index (χ0n) is 46.5. The smallest absolute Gasteiger partial charge is 0.186 e. The molecule has 0 unspecified atom stereocenters. The van der Waals surface area contributed by atoms with Gasteiger partial charge >= 0.3 is 0 Å². The van der Waals surface area contributed by atoms with Crippen LogP contribution in [0.3, 0.4) is 0 Å². The number of aromatic hydroxyl groups is 2. The molecule has 2 N–H and O–H groups in total. The molecule has 0 saturated heterocycles. The normalized spacial score (nSPS) is 16.1. The van der Waals surface area contributed by atoms with Gasteiger partial charge in [-0.25, -0.2) is 0 Å². The van der Waals surface area contributed by atoms with Crippen LogP contribution in [0.15, 0.2) is 100 Å². The number of phenolic OH excluding ortho intramolecular Hbond substituents is 2. The van der Waals surface area contributed by atoms with Crippen molar-refractivity contribution < 1.29 is 19.8 Å². The molecule has 0 spiro atoms. The maximum Gasteiger partial charge on any atom is 0.186 e. The second-order valence-corrected chi connectivity index (χ2v) is 27.8. The van der Waals surface area contributed by atoms with E-state index in [1.54, 1.807) is 0 Å². The number of rotatable bonds is 4. The van der Waals surface area contributed by atoms with Crippen LogP contribution in [-0.4, -0.2) is 26.8 Å². The van der Waals surface area contributed by atoms with Gasteiger partial charge in [0, 0.05) is 61.9 Å². The fraction of sp³-hybridized carbons (Fsp3) is 0.508. The van der Waals surface area contributed by atoms with Crippen molar-refractivity contribution >= 4 is 22.7 Å². The summed E-state index contributed by atoms with van der Waals surface area (Å²) in [6.07, 6.45) is 10.2. The molecule has 0 aliphatic heterocycles. The first-order valence-electron chi connectivity index (χ1n) is 24.7. The molecule has 5 nitrogen and oxygen atoms in total. The van der Waals surface area contributed by atoms with Crippen molar-refractivity contribution in [2.45, 2.75) is 188 Å². The van der Waals surface area contributed by atoms with Gasteiger partial charge in [-0.1, -0.05) is 172 Å². The summed E-state index contributed by atoms with van der Waals surface area (Å²) in [5, 5.41) is 23.9. The third-order valence-electron chi connectivity index (χ3n) is 13.3. The Bertz CT molecular complexity index is 2400. The van der Waals surface area contributed by atoms with Crippen molar-refractivity contribution in [2.24, 2.45) is 21.7 Å². The lowest BCUT2D eigenvalue weighted by Crippen LogP contribution is -2.28. The molecule has 1 aromatic heterocycles. The van der Waals surface area contributed by atoms with E-state index in [1.807, 2.05) is 6.20 Å². The van der Waals surface area contributed by atoms with Crippen LogP contribution >= 0.6 is 0 Å². The van der Waals surface area contributed by atoms with E-state index in [9.17, 15) is 19.8 Å². The molecule has 0 saturated carbocycles. The molecule has 0 amide bonds. The Balaban J connectivity index is 2.04. The molecular weight excluding hydrogens is 835 g/mol. The third kappa shape index (κ3) is 11.0. The summed E-state index contributed by atoms with van der Waals surface area (Å²) in [5.41, 5.74) is 9.94. The Hall–Kier alpha value is -5.03. The molecule has 0 atom stereocenters. The molecule has 0 bridgehead atoms. The van der Waals surface area contributed by atoms with E-state index in [0.717, 1.165) is 83.5 Å².